The normalized spacial score (nSPS) is 46.6. The molecule has 0 aromatic carbocycles. The Bertz CT molecular complexity index is 160. The Kier molecular flexibility index (Phi) is 1.54. The second-order valence-electron chi connectivity index (χ2n) is 4.83. The van der Waals surface area contributed by atoms with Crippen molar-refractivity contribution in [2.24, 2.45) is 17.3 Å². The van der Waals surface area contributed by atoms with Crippen LogP contribution < -0.4 is 5.32 Å². The molecule has 0 amide bonds. The molecule has 3 atom stereocenters. The number of hydrogen-bond donors (Lipinski definition) is 1. The SMILES string of the molecule is CNC1CC[C@H]2CC1C2(C)C. The molecule has 3 fully saturated rings. The largest absolute Gasteiger partial charge is 0.317 e. The van der Waals surface area contributed by atoms with Gasteiger partial charge in [0.25, 0.3) is 0 Å². The van der Waals surface area contributed by atoms with Gasteiger partial charge in [-0.2, -0.15) is 0 Å². The fourth-order valence-electron chi connectivity index (χ4n) is 3.16. The molecule has 11 heavy (non-hydrogen) atoms. The van der Waals surface area contributed by atoms with Crippen LogP contribution in [0.5, 0.6) is 0 Å². The van der Waals surface area contributed by atoms with Gasteiger partial charge in [0.2, 0.25) is 0 Å². The minimum atomic E-state index is 0.645. The summed E-state index contributed by atoms with van der Waals surface area (Å²) >= 11 is 0. The summed E-state index contributed by atoms with van der Waals surface area (Å²) in [7, 11) is 2.11. The van der Waals surface area contributed by atoms with Gasteiger partial charge in [-0.1, -0.05) is 13.8 Å². The Labute approximate surface area is 69.6 Å². The maximum atomic E-state index is 3.45. The van der Waals surface area contributed by atoms with E-state index in [1.54, 1.807) is 0 Å². The second-order valence-corrected chi connectivity index (χ2v) is 4.83. The third-order valence-corrected chi connectivity index (χ3v) is 4.23. The van der Waals surface area contributed by atoms with Crippen LogP contribution in [0.1, 0.15) is 33.1 Å². The van der Waals surface area contributed by atoms with Crippen LogP contribution in [0.3, 0.4) is 0 Å². The number of hydrogen-bond acceptors (Lipinski definition) is 1. The molecule has 3 aliphatic rings. The second kappa shape index (κ2) is 2.22. The topological polar surface area (TPSA) is 12.0 Å². The van der Waals surface area contributed by atoms with E-state index >= 15 is 0 Å². The zero-order chi connectivity index (χ0) is 8.06. The molecule has 1 N–H and O–H groups in total. The van der Waals surface area contributed by atoms with Gasteiger partial charge in [-0.05, 0) is 43.6 Å². The van der Waals surface area contributed by atoms with E-state index < -0.39 is 0 Å². The zero-order valence-corrected chi connectivity index (χ0v) is 7.85. The Morgan fingerprint density at radius 3 is 2.36 bits per heavy atom. The van der Waals surface area contributed by atoms with Crippen molar-refractivity contribution in [1.29, 1.82) is 0 Å². The average Bonchev–Trinajstić information content (AvgIpc) is 2.04. The molecule has 2 unspecified atom stereocenters. The van der Waals surface area contributed by atoms with Gasteiger partial charge in [0.15, 0.2) is 0 Å². The fourth-order valence-corrected chi connectivity index (χ4v) is 3.16. The molecule has 0 radical (unpaired) electrons. The summed E-state index contributed by atoms with van der Waals surface area (Å²) < 4.78 is 0. The highest BCUT2D eigenvalue weighted by Crippen LogP contribution is 2.58. The van der Waals surface area contributed by atoms with Crippen LogP contribution in [0.15, 0.2) is 0 Å². The van der Waals surface area contributed by atoms with E-state index in [-0.39, 0.29) is 0 Å². The quantitative estimate of drug-likeness (QED) is 0.608. The van der Waals surface area contributed by atoms with Crippen LogP contribution >= 0.6 is 0 Å². The van der Waals surface area contributed by atoms with E-state index in [2.05, 4.69) is 26.2 Å². The van der Waals surface area contributed by atoms with Gasteiger partial charge in [-0.3, -0.25) is 0 Å². The van der Waals surface area contributed by atoms with Crippen molar-refractivity contribution in [1.82, 2.24) is 5.32 Å². The van der Waals surface area contributed by atoms with Crippen molar-refractivity contribution in [2.45, 2.75) is 39.2 Å². The summed E-state index contributed by atoms with van der Waals surface area (Å²) in [5.74, 6) is 2.00. The van der Waals surface area contributed by atoms with Crippen LogP contribution in [0.2, 0.25) is 0 Å². The van der Waals surface area contributed by atoms with Gasteiger partial charge >= 0.3 is 0 Å². The predicted octanol–water partition coefficient (Wildman–Crippen LogP) is 2.03. The first kappa shape index (κ1) is 7.60. The standard InChI is InChI=1S/C10H19N/c1-10(2)7-4-5-9(11-3)8(10)6-7/h7-9,11H,4-6H2,1-3H3/t7-,8?,9?/m0/s1. The highest BCUT2D eigenvalue weighted by Gasteiger charge is 2.53. The first-order valence-corrected chi connectivity index (χ1v) is 4.83. The molecular weight excluding hydrogens is 134 g/mol. The molecule has 0 saturated heterocycles. The average molecular weight is 153 g/mol. The third-order valence-electron chi connectivity index (χ3n) is 4.23. The van der Waals surface area contributed by atoms with Gasteiger partial charge in [0.05, 0.1) is 0 Å². The summed E-state index contributed by atoms with van der Waals surface area (Å²) in [5, 5.41) is 3.45. The van der Waals surface area contributed by atoms with Gasteiger partial charge < -0.3 is 5.32 Å². The van der Waals surface area contributed by atoms with E-state index in [4.69, 9.17) is 0 Å². The zero-order valence-electron chi connectivity index (χ0n) is 7.85. The summed E-state index contributed by atoms with van der Waals surface area (Å²) in [6, 6.07) is 0.815. The Hall–Kier alpha value is -0.0400. The van der Waals surface area contributed by atoms with Gasteiger partial charge in [0.1, 0.15) is 0 Å². The highest BCUT2D eigenvalue weighted by atomic mass is 14.9. The molecule has 64 valence electrons. The lowest BCUT2D eigenvalue weighted by Crippen LogP contribution is -2.58. The van der Waals surface area contributed by atoms with E-state index in [0.717, 1.165) is 17.9 Å². The maximum absolute atomic E-state index is 3.45. The van der Waals surface area contributed by atoms with Crippen LogP contribution in [-0.4, -0.2) is 13.1 Å². The smallest absolute Gasteiger partial charge is 0.00977 e. The Morgan fingerprint density at radius 2 is 2.00 bits per heavy atom. The van der Waals surface area contributed by atoms with Crippen molar-refractivity contribution in [3.8, 4) is 0 Å². The number of nitrogens with one attached hydrogen (secondary N) is 1. The minimum absolute atomic E-state index is 0.645. The molecule has 0 spiro atoms. The van der Waals surface area contributed by atoms with Crippen molar-refractivity contribution in [3.63, 3.8) is 0 Å². The Morgan fingerprint density at radius 1 is 1.27 bits per heavy atom. The van der Waals surface area contributed by atoms with Crippen LogP contribution in [0.4, 0.5) is 0 Å². The van der Waals surface area contributed by atoms with E-state index in [1.807, 2.05) is 0 Å². The van der Waals surface area contributed by atoms with Gasteiger partial charge in [0, 0.05) is 6.04 Å². The van der Waals surface area contributed by atoms with E-state index in [0.29, 0.717) is 5.41 Å². The molecule has 0 heterocycles. The van der Waals surface area contributed by atoms with Gasteiger partial charge in [-0.15, -0.1) is 0 Å². The van der Waals surface area contributed by atoms with Crippen LogP contribution in [-0.2, 0) is 0 Å². The maximum Gasteiger partial charge on any atom is 0.00977 e. The van der Waals surface area contributed by atoms with Crippen molar-refractivity contribution in [2.75, 3.05) is 7.05 Å². The lowest BCUT2D eigenvalue weighted by atomic mass is 9.47. The minimum Gasteiger partial charge on any atom is -0.317 e. The molecule has 0 aromatic heterocycles. The number of fused-ring (bicyclic) bond motifs is 2. The molecule has 3 saturated carbocycles. The highest BCUT2D eigenvalue weighted by molar-refractivity contribution is 5.05. The summed E-state index contributed by atoms with van der Waals surface area (Å²) in [5.41, 5.74) is 0.645. The summed E-state index contributed by atoms with van der Waals surface area (Å²) in [6.45, 7) is 4.88. The first-order valence-electron chi connectivity index (χ1n) is 4.83. The summed E-state index contributed by atoms with van der Waals surface area (Å²) in [6.07, 6.45) is 4.35. The number of rotatable bonds is 1. The van der Waals surface area contributed by atoms with E-state index in [1.165, 1.54) is 19.3 Å². The monoisotopic (exact) mass is 153 g/mol. The van der Waals surface area contributed by atoms with E-state index in [9.17, 15) is 0 Å². The van der Waals surface area contributed by atoms with Gasteiger partial charge in [-0.25, -0.2) is 0 Å². The molecule has 1 heteroatoms. The van der Waals surface area contributed by atoms with Crippen molar-refractivity contribution < 1.29 is 0 Å². The van der Waals surface area contributed by atoms with Crippen molar-refractivity contribution >= 4 is 0 Å². The fraction of sp³-hybridized carbons (Fsp3) is 1.00. The predicted molar refractivity (Wildman–Crippen MR) is 47.5 cm³/mol. The third kappa shape index (κ3) is 0.868. The Balaban J connectivity index is 2.10. The molecule has 3 aliphatic carbocycles. The molecule has 2 bridgehead atoms. The first-order chi connectivity index (χ1) is 5.16. The lowest BCUT2D eigenvalue weighted by Gasteiger charge is -2.60. The molecule has 3 rings (SSSR count). The molecular formula is C10H19N. The molecule has 0 aromatic rings. The molecule has 0 aliphatic heterocycles. The van der Waals surface area contributed by atoms with Crippen LogP contribution in [0.25, 0.3) is 0 Å². The summed E-state index contributed by atoms with van der Waals surface area (Å²) in [4.78, 5) is 0. The van der Waals surface area contributed by atoms with Crippen molar-refractivity contribution in [3.05, 3.63) is 0 Å². The lowest BCUT2D eigenvalue weighted by molar-refractivity contribution is -0.0851. The molecule has 1 nitrogen and oxygen atoms in total. The van der Waals surface area contributed by atoms with Crippen LogP contribution in [0, 0.1) is 17.3 Å².